The predicted molar refractivity (Wildman–Crippen MR) is 49.8 cm³/mol. The molecule has 0 bridgehead atoms. The molecular weight excluding hydrogens is 152 g/mol. The summed E-state index contributed by atoms with van der Waals surface area (Å²) in [5.74, 6) is 4.95. The van der Waals surface area contributed by atoms with Crippen molar-refractivity contribution in [2.75, 3.05) is 0 Å². The molecule has 0 atom stereocenters. The lowest BCUT2D eigenvalue weighted by Gasteiger charge is -1.90. The van der Waals surface area contributed by atoms with Crippen LogP contribution in [0, 0.1) is 0 Å². The molecule has 1 aromatic rings. The Bertz CT molecular complexity index is 289. The van der Waals surface area contributed by atoms with Crippen molar-refractivity contribution in [2.24, 2.45) is 21.7 Å². The Morgan fingerprint density at radius 2 is 1.92 bits per heavy atom. The maximum absolute atomic E-state index is 5.25. The molecule has 62 valence electrons. The van der Waals surface area contributed by atoms with Crippen LogP contribution in [0.2, 0.25) is 0 Å². The van der Waals surface area contributed by atoms with Crippen molar-refractivity contribution in [1.29, 1.82) is 0 Å². The molecule has 4 heteroatoms. The summed E-state index contributed by atoms with van der Waals surface area (Å²) in [7, 11) is 0. The first-order chi connectivity index (χ1) is 5.83. The fourth-order valence-electron chi connectivity index (χ4n) is 0.713. The van der Waals surface area contributed by atoms with Gasteiger partial charge in [0, 0.05) is 6.21 Å². The summed E-state index contributed by atoms with van der Waals surface area (Å²) in [6.45, 7) is 0. The number of hydrogen-bond donors (Lipinski definition) is 2. The highest BCUT2D eigenvalue weighted by atomic mass is 15.2. The second kappa shape index (κ2) is 4.12. The number of guanidine groups is 1. The zero-order chi connectivity index (χ0) is 8.81. The van der Waals surface area contributed by atoms with Gasteiger partial charge in [0.2, 0.25) is 5.96 Å². The second-order valence-electron chi connectivity index (χ2n) is 2.16. The van der Waals surface area contributed by atoms with E-state index in [1.54, 1.807) is 6.21 Å². The van der Waals surface area contributed by atoms with Gasteiger partial charge in [0.05, 0.1) is 0 Å². The molecule has 0 aliphatic carbocycles. The normalized spacial score (nSPS) is 12.2. The molecule has 0 saturated heterocycles. The van der Waals surface area contributed by atoms with E-state index >= 15 is 0 Å². The summed E-state index contributed by atoms with van der Waals surface area (Å²) in [4.78, 5) is 3.79. The molecule has 4 N–H and O–H groups in total. The minimum Gasteiger partial charge on any atom is -0.367 e. The Morgan fingerprint density at radius 1 is 1.25 bits per heavy atom. The number of hydrogen-bond acceptors (Lipinski definition) is 2. The third-order valence-corrected chi connectivity index (χ3v) is 1.28. The first-order valence-corrected chi connectivity index (χ1v) is 3.45. The Hall–Kier alpha value is -1.84. The van der Waals surface area contributed by atoms with Gasteiger partial charge in [-0.25, -0.2) is 4.99 Å². The molecule has 1 aromatic carbocycles. The topological polar surface area (TPSA) is 76.8 Å². The monoisotopic (exact) mass is 162 g/mol. The van der Waals surface area contributed by atoms with Crippen LogP contribution >= 0.6 is 0 Å². The van der Waals surface area contributed by atoms with Crippen LogP contribution in [0.5, 0.6) is 0 Å². The van der Waals surface area contributed by atoms with E-state index in [1.807, 2.05) is 30.3 Å². The molecule has 1 rings (SSSR count). The highest BCUT2D eigenvalue weighted by molar-refractivity contribution is 5.92. The van der Waals surface area contributed by atoms with Gasteiger partial charge in [0.25, 0.3) is 0 Å². The van der Waals surface area contributed by atoms with Crippen molar-refractivity contribution in [3.63, 3.8) is 0 Å². The van der Waals surface area contributed by atoms with Crippen LogP contribution in [0.25, 0.3) is 0 Å². The highest BCUT2D eigenvalue weighted by Gasteiger charge is 1.84. The molecule has 0 unspecified atom stereocenters. The summed E-state index contributed by atoms with van der Waals surface area (Å²) in [5, 5.41) is 3.20. The largest absolute Gasteiger partial charge is 0.367 e. The zero-order valence-electron chi connectivity index (χ0n) is 6.51. The third-order valence-electron chi connectivity index (χ3n) is 1.28. The quantitative estimate of drug-likeness (QED) is 0.269. The molecule has 0 heterocycles. The minimum absolute atomic E-state index is 0.0684. The van der Waals surface area contributed by atoms with Crippen LogP contribution in [0.4, 0.5) is 0 Å². The van der Waals surface area contributed by atoms with Gasteiger partial charge in [0.1, 0.15) is 0 Å². The Labute approximate surface area is 70.6 Å². The van der Waals surface area contributed by atoms with Crippen LogP contribution in [0.3, 0.4) is 0 Å². The minimum atomic E-state index is 0.0684. The van der Waals surface area contributed by atoms with Crippen LogP contribution < -0.4 is 11.6 Å². The van der Waals surface area contributed by atoms with Crippen molar-refractivity contribution >= 4 is 12.2 Å². The van der Waals surface area contributed by atoms with Gasteiger partial charge in [-0.1, -0.05) is 30.3 Å². The number of hydrazone groups is 1. The van der Waals surface area contributed by atoms with Crippen molar-refractivity contribution < 1.29 is 0 Å². The summed E-state index contributed by atoms with van der Waals surface area (Å²) in [6, 6.07) is 9.58. The fourth-order valence-corrected chi connectivity index (χ4v) is 0.713. The molecule has 0 amide bonds. The molecule has 0 spiro atoms. The average molecular weight is 162 g/mol. The van der Waals surface area contributed by atoms with Crippen LogP contribution in [0.1, 0.15) is 5.56 Å². The zero-order valence-corrected chi connectivity index (χ0v) is 6.51. The van der Waals surface area contributed by atoms with E-state index < -0.39 is 0 Å². The van der Waals surface area contributed by atoms with Gasteiger partial charge in [-0.3, -0.25) is 0 Å². The van der Waals surface area contributed by atoms with E-state index in [2.05, 4.69) is 10.1 Å². The van der Waals surface area contributed by atoms with Crippen molar-refractivity contribution in [2.45, 2.75) is 0 Å². The van der Waals surface area contributed by atoms with Crippen LogP contribution in [-0.2, 0) is 0 Å². The molecule has 12 heavy (non-hydrogen) atoms. The van der Waals surface area contributed by atoms with E-state index in [-0.39, 0.29) is 5.96 Å². The van der Waals surface area contributed by atoms with Gasteiger partial charge in [0.15, 0.2) is 0 Å². The van der Waals surface area contributed by atoms with E-state index in [0.29, 0.717) is 0 Å². The molecule has 0 aliphatic rings. The highest BCUT2D eigenvalue weighted by Crippen LogP contribution is 1.93. The number of nitrogens with zero attached hydrogens (tertiary/aromatic N) is 2. The molecule has 0 aliphatic heterocycles. The molecular formula is C8H10N4. The van der Waals surface area contributed by atoms with Gasteiger partial charge in [-0.05, 0) is 5.56 Å². The summed E-state index contributed by atoms with van der Waals surface area (Å²) >= 11 is 0. The average Bonchev–Trinajstić information content (AvgIpc) is 2.16. The van der Waals surface area contributed by atoms with Crippen LogP contribution in [0.15, 0.2) is 40.4 Å². The molecule has 0 radical (unpaired) electrons. The van der Waals surface area contributed by atoms with E-state index in [0.717, 1.165) is 5.56 Å². The SMILES string of the molecule is N/N=C(\N)N=Cc1ccccc1. The Kier molecular flexibility index (Phi) is 2.84. The number of benzene rings is 1. The third kappa shape index (κ3) is 2.42. The van der Waals surface area contributed by atoms with E-state index in [4.69, 9.17) is 11.6 Å². The number of aliphatic imine (C=N–C) groups is 1. The van der Waals surface area contributed by atoms with Gasteiger partial charge >= 0.3 is 0 Å². The standard InChI is InChI=1S/C8H10N4/c9-8(12-10)11-6-7-4-2-1-3-5-7/h1-6H,10H2,(H2,9,12). The van der Waals surface area contributed by atoms with Crippen molar-refractivity contribution in [3.05, 3.63) is 35.9 Å². The molecule has 0 fully saturated rings. The van der Waals surface area contributed by atoms with Gasteiger partial charge in [-0.15, -0.1) is 5.10 Å². The van der Waals surface area contributed by atoms with Gasteiger partial charge < -0.3 is 11.6 Å². The predicted octanol–water partition coefficient (Wildman–Crippen LogP) is 0.294. The fraction of sp³-hybridized carbons (Fsp3) is 0. The Morgan fingerprint density at radius 3 is 2.50 bits per heavy atom. The molecule has 4 nitrogen and oxygen atoms in total. The number of nitrogens with two attached hydrogens (primary N) is 2. The van der Waals surface area contributed by atoms with E-state index in [9.17, 15) is 0 Å². The second-order valence-corrected chi connectivity index (χ2v) is 2.16. The van der Waals surface area contributed by atoms with Gasteiger partial charge in [-0.2, -0.15) is 0 Å². The molecule has 0 saturated carbocycles. The van der Waals surface area contributed by atoms with E-state index in [1.165, 1.54) is 0 Å². The first-order valence-electron chi connectivity index (χ1n) is 3.45. The maximum atomic E-state index is 5.25. The summed E-state index contributed by atoms with van der Waals surface area (Å²) in [5.41, 5.74) is 6.21. The van der Waals surface area contributed by atoms with Crippen molar-refractivity contribution in [3.8, 4) is 0 Å². The van der Waals surface area contributed by atoms with Crippen LogP contribution in [-0.4, -0.2) is 12.2 Å². The number of rotatable bonds is 1. The maximum Gasteiger partial charge on any atom is 0.236 e. The lowest BCUT2D eigenvalue weighted by atomic mass is 10.2. The lowest BCUT2D eigenvalue weighted by molar-refractivity contribution is 1.21. The molecule has 0 aromatic heterocycles. The smallest absolute Gasteiger partial charge is 0.236 e. The lowest BCUT2D eigenvalue weighted by Crippen LogP contribution is -2.10. The van der Waals surface area contributed by atoms with Crippen molar-refractivity contribution in [1.82, 2.24) is 0 Å². The first kappa shape index (κ1) is 8.26. The summed E-state index contributed by atoms with van der Waals surface area (Å²) in [6.07, 6.45) is 1.60. The summed E-state index contributed by atoms with van der Waals surface area (Å²) < 4.78 is 0. The Balaban J connectivity index is 2.70.